The van der Waals surface area contributed by atoms with Crippen molar-refractivity contribution in [2.24, 2.45) is 5.41 Å². The minimum absolute atomic E-state index is 0. The second-order valence-electron chi connectivity index (χ2n) is 15.3. The van der Waals surface area contributed by atoms with Gasteiger partial charge in [-0.3, -0.25) is 4.98 Å². The van der Waals surface area contributed by atoms with Gasteiger partial charge in [-0.15, -0.1) is 52.4 Å². The summed E-state index contributed by atoms with van der Waals surface area (Å²) in [5, 5.41) is 5.86. The topological polar surface area (TPSA) is 39.4 Å². The molecular formula is C44H39N3OPt. The monoisotopic (exact) mass is 820 g/mol. The predicted molar refractivity (Wildman–Crippen MR) is 198 cm³/mol. The summed E-state index contributed by atoms with van der Waals surface area (Å²) in [7, 11) is 0. The number of rotatable bonds is 5. The standard InChI is InChI=1S/C44H39N3O.Pt/c1-27-26-47-41-34(27)17-12-18-35(41)36-20-28(25-43(2,3)4)19-32-22-38(46-42(47)40(32)36)48-39-24-33(44(5,6)7)23-37(45-39)31-16-11-15-30(21-31)29-13-9-8-10-14-29;/h8-15,17-24H,25H2,1-7H3;/q-2;+2. The Morgan fingerprint density at radius 3 is 2.24 bits per heavy atom. The zero-order valence-electron chi connectivity index (χ0n) is 29.0. The molecule has 0 aliphatic heterocycles. The van der Waals surface area contributed by atoms with Crippen molar-refractivity contribution >= 4 is 38.1 Å². The molecule has 0 aliphatic rings. The summed E-state index contributed by atoms with van der Waals surface area (Å²) >= 11 is 0. The Kier molecular flexibility index (Phi) is 8.15. The Labute approximate surface area is 302 Å². The molecule has 4 nitrogen and oxygen atoms in total. The first-order chi connectivity index (χ1) is 22.9. The van der Waals surface area contributed by atoms with Crippen LogP contribution in [0.4, 0.5) is 0 Å². The first-order valence-corrected chi connectivity index (χ1v) is 16.7. The Bertz CT molecular complexity index is 2480. The number of para-hydroxylation sites is 1. The van der Waals surface area contributed by atoms with E-state index in [1.165, 1.54) is 21.7 Å². The van der Waals surface area contributed by atoms with E-state index in [1.54, 1.807) is 0 Å². The first kappa shape index (κ1) is 33.0. The van der Waals surface area contributed by atoms with Crippen LogP contribution >= 0.6 is 0 Å². The molecule has 49 heavy (non-hydrogen) atoms. The third kappa shape index (κ3) is 6.13. The Morgan fingerprint density at radius 1 is 0.735 bits per heavy atom. The van der Waals surface area contributed by atoms with Gasteiger partial charge in [0.2, 0.25) is 11.8 Å². The molecule has 4 aromatic carbocycles. The second kappa shape index (κ2) is 12.1. The molecular weight excluding hydrogens is 782 g/mol. The van der Waals surface area contributed by atoms with Gasteiger partial charge < -0.3 is 9.14 Å². The molecule has 0 unspecified atom stereocenters. The van der Waals surface area contributed by atoms with Crippen LogP contribution < -0.4 is 4.74 Å². The van der Waals surface area contributed by atoms with Crippen molar-refractivity contribution in [3.63, 3.8) is 0 Å². The number of nitrogens with zero attached hydrogens (tertiary/aromatic N) is 3. The van der Waals surface area contributed by atoms with Crippen LogP contribution in [-0.2, 0) is 32.9 Å². The van der Waals surface area contributed by atoms with Gasteiger partial charge in [-0.05, 0) is 61.2 Å². The SMILES string of the molecule is Cc1[c-]n2c3nc(Oc4cc(C(C)(C)C)cc(-c5[c-]ccc(-c6ccccc6)c5)n4)cc4cc(CC(C)(C)C)cc(c5cccc1c52)c43.[Pt+2]. The van der Waals surface area contributed by atoms with Gasteiger partial charge in [0.05, 0.1) is 5.65 Å². The van der Waals surface area contributed by atoms with Crippen molar-refractivity contribution in [2.75, 3.05) is 0 Å². The third-order valence-electron chi connectivity index (χ3n) is 9.19. The van der Waals surface area contributed by atoms with E-state index in [9.17, 15) is 0 Å². The van der Waals surface area contributed by atoms with Crippen molar-refractivity contribution in [2.45, 2.75) is 60.3 Å². The molecule has 4 aromatic heterocycles. The maximum absolute atomic E-state index is 6.67. The Morgan fingerprint density at radius 2 is 1.49 bits per heavy atom. The van der Waals surface area contributed by atoms with Gasteiger partial charge in [0.1, 0.15) is 0 Å². The summed E-state index contributed by atoms with van der Waals surface area (Å²) in [6.07, 6.45) is 4.56. The molecule has 8 aromatic rings. The van der Waals surface area contributed by atoms with E-state index in [1.807, 2.05) is 18.2 Å². The average Bonchev–Trinajstić information content (AvgIpc) is 3.39. The van der Waals surface area contributed by atoms with Crippen molar-refractivity contribution in [3.05, 3.63) is 126 Å². The molecule has 0 saturated carbocycles. The van der Waals surface area contributed by atoms with Crippen LogP contribution in [0.5, 0.6) is 11.8 Å². The summed E-state index contributed by atoms with van der Waals surface area (Å²) in [4.78, 5) is 10.2. The van der Waals surface area contributed by atoms with Gasteiger partial charge in [-0.25, -0.2) is 4.98 Å². The number of aryl methyl sites for hydroxylation is 1. The van der Waals surface area contributed by atoms with Gasteiger partial charge in [-0.1, -0.05) is 121 Å². The number of hydrogen-bond donors (Lipinski definition) is 0. The molecule has 0 saturated heterocycles. The van der Waals surface area contributed by atoms with E-state index in [4.69, 9.17) is 14.7 Å². The number of aromatic nitrogens is 3. The molecule has 5 heteroatoms. The maximum atomic E-state index is 6.67. The molecule has 246 valence electrons. The molecule has 0 bridgehead atoms. The maximum Gasteiger partial charge on any atom is 2.00 e. The number of benzene rings is 4. The van der Waals surface area contributed by atoms with Crippen molar-refractivity contribution in [1.29, 1.82) is 0 Å². The van der Waals surface area contributed by atoms with Crippen molar-refractivity contribution < 1.29 is 25.8 Å². The summed E-state index contributed by atoms with van der Waals surface area (Å²) < 4.78 is 8.80. The van der Waals surface area contributed by atoms with Crippen LogP contribution in [0.1, 0.15) is 58.2 Å². The smallest absolute Gasteiger partial charge is 0.427 e. The summed E-state index contributed by atoms with van der Waals surface area (Å²) in [6.45, 7) is 15.6. The van der Waals surface area contributed by atoms with E-state index >= 15 is 0 Å². The molecule has 0 atom stereocenters. The minimum atomic E-state index is -0.126. The zero-order valence-corrected chi connectivity index (χ0v) is 31.3. The summed E-state index contributed by atoms with van der Waals surface area (Å²) in [5.74, 6) is 1.02. The summed E-state index contributed by atoms with van der Waals surface area (Å²) in [6, 6.07) is 37.5. The minimum Gasteiger partial charge on any atom is -0.427 e. The second-order valence-corrected chi connectivity index (χ2v) is 15.3. The average molecular weight is 821 g/mol. The van der Waals surface area contributed by atoms with Crippen LogP contribution in [-0.4, -0.2) is 14.4 Å². The molecule has 4 heterocycles. The van der Waals surface area contributed by atoms with Crippen LogP contribution in [0.3, 0.4) is 0 Å². The van der Waals surface area contributed by atoms with E-state index < -0.39 is 0 Å². The van der Waals surface area contributed by atoms with E-state index in [0.29, 0.717) is 11.8 Å². The number of pyridine rings is 3. The fourth-order valence-electron chi connectivity index (χ4n) is 6.96. The first-order valence-electron chi connectivity index (χ1n) is 16.7. The van der Waals surface area contributed by atoms with Gasteiger partial charge in [0, 0.05) is 12.1 Å². The normalized spacial score (nSPS) is 12.3. The number of hydrogen-bond acceptors (Lipinski definition) is 3. The molecule has 0 radical (unpaired) electrons. The Balaban J connectivity index is 0.00000378. The van der Waals surface area contributed by atoms with Crippen LogP contribution in [0.25, 0.3) is 60.5 Å². The molecule has 0 spiro atoms. The van der Waals surface area contributed by atoms with Crippen LogP contribution in [0.15, 0.2) is 97.1 Å². The van der Waals surface area contributed by atoms with Crippen molar-refractivity contribution in [1.82, 2.24) is 14.4 Å². The van der Waals surface area contributed by atoms with E-state index in [0.717, 1.165) is 61.9 Å². The van der Waals surface area contributed by atoms with Gasteiger partial charge in [0.15, 0.2) is 0 Å². The van der Waals surface area contributed by atoms with Gasteiger partial charge >= 0.3 is 21.1 Å². The molecule has 0 aliphatic carbocycles. The fraction of sp³-hybridized carbons (Fsp3) is 0.227. The zero-order chi connectivity index (χ0) is 33.4. The number of fused-ring (bicyclic) bond motifs is 2. The molecule has 0 amide bonds. The fourth-order valence-corrected chi connectivity index (χ4v) is 6.96. The quantitative estimate of drug-likeness (QED) is 0.0986. The molecule has 0 N–H and O–H groups in total. The molecule has 0 fully saturated rings. The largest absolute Gasteiger partial charge is 2.00 e. The predicted octanol–water partition coefficient (Wildman–Crippen LogP) is 11.5. The third-order valence-corrected chi connectivity index (χ3v) is 9.19. The van der Waals surface area contributed by atoms with Crippen molar-refractivity contribution in [3.8, 4) is 34.1 Å². The van der Waals surface area contributed by atoms with E-state index in [-0.39, 0.29) is 31.9 Å². The molecule has 8 rings (SSSR count). The Hall–Kier alpha value is -4.53. The van der Waals surface area contributed by atoms with E-state index in [2.05, 4.69) is 144 Å². The van der Waals surface area contributed by atoms with Gasteiger partial charge in [0.25, 0.3) is 0 Å². The van der Waals surface area contributed by atoms with Gasteiger partial charge in [-0.2, -0.15) is 0 Å². The summed E-state index contributed by atoms with van der Waals surface area (Å²) in [5.41, 5.74) is 9.55. The van der Waals surface area contributed by atoms with Crippen LogP contribution in [0, 0.1) is 24.6 Å². The van der Waals surface area contributed by atoms with Crippen LogP contribution in [0.2, 0.25) is 0 Å². The number of ether oxygens (including phenoxy) is 1.